The van der Waals surface area contributed by atoms with Crippen LogP contribution in [0.5, 0.6) is 0 Å². The van der Waals surface area contributed by atoms with Gasteiger partial charge in [-0.2, -0.15) is 0 Å². The van der Waals surface area contributed by atoms with Crippen molar-refractivity contribution in [1.29, 1.82) is 0 Å². The van der Waals surface area contributed by atoms with Gasteiger partial charge in [-0.1, -0.05) is 314 Å². The van der Waals surface area contributed by atoms with Crippen molar-refractivity contribution < 1.29 is 49.3 Å². The Bertz CT molecular complexity index is 1430. The molecule has 0 saturated carbocycles. The van der Waals surface area contributed by atoms with Crippen molar-refractivity contribution in [3.05, 3.63) is 24.3 Å². The molecular formula is C72H137NO10. The van der Waals surface area contributed by atoms with Gasteiger partial charge in [-0.3, -0.25) is 9.59 Å². The molecule has 1 rings (SSSR count). The maximum atomic E-state index is 13.0. The summed E-state index contributed by atoms with van der Waals surface area (Å²) in [6.45, 7) is 4.34. The number of hydrogen-bond acceptors (Lipinski definition) is 10. The zero-order valence-electron chi connectivity index (χ0n) is 54.4. The van der Waals surface area contributed by atoms with Crippen LogP contribution in [-0.2, 0) is 23.8 Å². The molecule has 1 fully saturated rings. The molecule has 0 aromatic rings. The Balaban J connectivity index is 1.88. The molecular weight excluding hydrogens is 1040 g/mol. The molecule has 6 N–H and O–H groups in total. The number of allylic oxidation sites excluding steroid dienone is 3. The lowest BCUT2D eigenvalue weighted by Crippen LogP contribution is -2.60. The summed E-state index contributed by atoms with van der Waals surface area (Å²) in [7, 11) is 0. The molecule has 1 aliphatic heterocycles. The Hall–Kier alpha value is -1.86. The van der Waals surface area contributed by atoms with Gasteiger partial charge in [0, 0.05) is 12.8 Å². The SMILES string of the molecule is CCCCCCC/C=C\CCCCCCCC(=O)OCCCCCCCCCCCCCCCCCCCCCCCCCCCCCCCCCCC(=O)NC(COC1OC(CO)C(O)C(O)C1O)C(O)/C=C/CCCCCCCCC. The molecule has 0 aliphatic carbocycles. The summed E-state index contributed by atoms with van der Waals surface area (Å²) in [5.74, 6) is -0.172. The summed E-state index contributed by atoms with van der Waals surface area (Å²) in [6, 6.07) is -0.804. The van der Waals surface area contributed by atoms with Crippen molar-refractivity contribution in [3.63, 3.8) is 0 Å². The Kier molecular flexibility index (Phi) is 58.9. The van der Waals surface area contributed by atoms with Crippen molar-refractivity contribution >= 4 is 11.9 Å². The lowest BCUT2D eigenvalue weighted by molar-refractivity contribution is -0.302. The third-order valence-electron chi connectivity index (χ3n) is 17.3. The Morgan fingerprint density at radius 3 is 1.16 bits per heavy atom. The number of esters is 1. The summed E-state index contributed by atoms with van der Waals surface area (Å²) >= 11 is 0. The molecule has 0 aromatic heterocycles. The predicted octanol–water partition coefficient (Wildman–Crippen LogP) is 18.4. The monoisotopic (exact) mass is 1180 g/mol. The van der Waals surface area contributed by atoms with Gasteiger partial charge < -0.3 is 45.1 Å². The summed E-state index contributed by atoms with van der Waals surface area (Å²) in [6.07, 6.45) is 67.7. The molecule has 7 unspecified atom stereocenters. The largest absolute Gasteiger partial charge is 0.466 e. The van der Waals surface area contributed by atoms with Crippen LogP contribution in [0.1, 0.15) is 361 Å². The van der Waals surface area contributed by atoms with Gasteiger partial charge in [0.2, 0.25) is 5.91 Å². The van der Waals surface area contributed by atoms with Crippen LogP contribution in [0.25, 0.3) is 0 Å². The molecule has 490 valence electrons. The van der Waals surface area contributed by atoms with Crippen molar-refractivity contribution in [2.45, 2.75) is 403 Å². The molecule has 0 radical (unpaired) electrons. The van der Waals surface area contributed by atoms with E-state index < -0.39 is 49.5 Å². The average molecular weight is 1180 g/mol. The first-order chi connectivity index (χ1) is 40.7. The molecule has 0 spiro atoms. The van der Waals surface area contributed by atoms with Crippen LogP contribution in [0.3, 0.4) is 0 Å². The maximum Gasteiger partial charge on any atom is 0.305 e. The van der Waals surface area contributed by atoms with Crippen molar-refractivity contribution in [2.75, 3.05) is 19.8 Å². The van der Waals surface area contributed by atoms with Gasteiger partial charge in [-0.05, 0) is 57.8 Å². The zero-order chi connectivity index (χ0) is 60.2. The van der Waals surface area contributed by atoms with Crippen LogP contribution in [0.15, 0.2) is 24.3 Å². The highest BCUT2D eigenvalue weighted by molar-refractivity contribution is 5.76. The third-order valence-corrected chi connectivity index (χ3v) is 17.3. The Labute approximate surface area is 511 Å². The number of amides is 1. The molecule has 83 heavy (non-hydrogen) atoms. The van der Waals surface area contributed by atoms with Gasteiger partial charge in [0.1, 0.15) is 24.4 Å². The molecule has 1 saturated heterocycles. The molecule has 1 amide bonds. The fraction of sp³-hybridized carbons (Fsp3) is 0.917. The number of aliphatic hydroxyl groups is 5. The molecule has 1 aliphatic rings. The minimum Gasteiger partial charge on any atom is -0.466 e. The van der Waals surface area contributed by atoms with E-state index in [9.17, 15) is 35.1 Å². The van der Waals surface area contributed by atoms with Crippen molar-refractivity contribution in [1.82, 2.24) is 5.32 Å². The zero-order valence-corrected chi connectivity index (χ0v) is 54.4. The Morgan fingerprint density at radius 1 is 0.434 bits per heavy atom. The van der Waals surface area contributed by atoms with Crippen LogP contribution < -0.4 is 5.32 Å². The molecule has 7 atom stereocenters. The highest BCUT2D eigenvalue weighted by Gasteiger charge is 2.44. The highest BCUT2D eigenvalue weighted by atomic mass is 16.7. The second-order valence-electron chi connectivity index (χ2n) is 25.3. The molecule has 11 heteroatoms. The number of carbonyl (C=O) groups is 2. The van der Waals surface area contributed by atoms with Gasteiger partial charge in [-0.15, -0.1) is 0 Å². The highest BCUT2D eigenvalue weighted by Crippen LogP contribution is 2.23. The van der Waals surface area contributed by atoms with E-state index in [4.69, 9.17) is 14.2 Å². The van der Waals surface area contributed by atoms with E-state index in [2.05, 4.69) is 31.3 Å². The topological polar surface area (TPSA) is 175 Å². The number of aliphatic hydroxyl groups excluding tert-OH is 5. The number of hydrogen-bond donors (Lipinski definition) is 6. The lowest BCUT2D eigenvalue weighted by Gasteiger charge is -2.40. The molecule has 11 nitrogen and oxygen atoms in total. The van der Waals surface area contributed by atoms with E-state index in [-0.39, 0.29) is 18.5 Å². The second kappa shape index (κ2) is 61.8. The van der Waals surface area contributed by atoms with Crippen molar-refractivity contribution in [3.8, 4) is 0 Å². The van der Waals surface area contributed by atoms with Gasteiger partial charge in [0.25, 0.3) is 0 Å². The van der Waals surface area contributed by atoms with E-state index in [1.807, 2.05) is 6.08 Å². The summed E-state index contributed by atoms with van der Waals surface area (Å²) in [5.41, 5.74) is 0. The predicted molar refractivity (Wildman–Crippen MR) is 348 cm³/mol. The van der Waals surface area contributed by atoms with Gasteiger partial charge in [-0.25, -0.2) is 0 Å². The minimum atomic E-state index is -1.57. The number of nitrogens with one attached hydrogen (secondary N) is 1. The van der Waals surface area contributed by atoms with E-state index >= 15 is 0 Å². The quantitative estimate of drug-likeness (QED) is 0.0195. The second-order valence-corrected chi connectivity index (χ2v) is 25.3. The van der Waals surface area contributed by atoms with Crippen LogP contribution >= 0.6 is 0 Å². The van der Waals surface area contributed by atoms with Crippen molar-refractivity contribution in [2.24, 2.45) is 0 Å². The number of rotatable bonds is 64. The van der Waals surface area contributed by atoms with Gasteiger partial charge in [0.05, 0.1) is 32.0 Å². The van der Waals surface area contributed by atoms with Crippen LogP contribution in [0, 0.1) is 0 Å². The maximum absolute atomic E-state index is 13.0. The lowest BCUT2D eigenvalue weighted by atomic mass is 9.99. The summed E-state index contributed by atoms with van der Waals surface area (Å²) in [4.78, 5) is 25.1. The fourth-order valence-electron chi connectivity index (χ4n) is 11.6. The smallest absolute Gasteiger partial charge is 0.305 e. The number of unbranched alkanes of at least 4 members (excludes halogenated alkanes) is 48. The van der Waals surface area contributed by atoms with Gasteiger partial charge >= 0.3 is 5.97 Å². The van der Waals surface area contributed by atoms with Crippen LogP contribution in [-0.4, -0.2) is 100 Å². The van der Waals surface area contributed by atoms with E-state index in [0.717, 1.165) is 57.8 Å². The normalized spacial score (nSPS) is 18.2. The molecule has 1 heterocycles. The van der Waals surface area contributed by atoms with E-state index in [1.54, 1.807) is 6.08 Å². The Morgan fingerprint density at radius 2 is 0.771 bits per heavy atom. The molecule has 0 aromatic carbocycles. The number of ether oxygens (including phenoxy) is 3. The first-order valence-electron chi connectivity index (χ1n) is 36.1. The van der Waals surface area contributed by atoms with Crippen LogP contribution in [0.2, 0.25) is 0 Å². The number of carbonyl (C=O) groups excluding carboxylic acids is 2. The summed E-state index contributed by atoms with van der Waals surface area (Å²) in [5, 5.41) is 54.3. The van der Waals surface area contributed by atoms with Crippen LogP contribution in [0.4, 0.5) is 0 Å². The first-order valence-corrected chi connectivity index (χ1v) is 36.1. The van der Waals surface area contributed by atoms with E-state index in [0.29, 0.717) is 19.4 Å². The standard InChI is InChI=1S/C72H137NO10/c1-3-5-7-9-11-13-14-15-37-40-44-48-52-56-60-68(77)81-61-57-53-49-45-41-38-35-33-31-29-27-25-23-21-19-17-16-18-20-22-24-26-28-30-32-34-36-39-43-47-51-55-59-67(76)73-64(65(75)58-54-50-46-42-12-10-8-6-4-2)63-82-72-71(80)70(79)69(78)66(62-74)83-72/h14-15,54,58,64-66,69-72,74-75,78-80H,3-13,16-53,55-57,59-63H2,1-2H3,(H,73,76)/b15-14-,58-54+. The van der Waals surface area contributed by atoms with Gasteiger partial charge in [0.15, 0.2) is 6.29 Å². The third kappa shape index (κ3) is 50.8. The fourth-order valence-corrected chi connectivity index (χ4v) is 11.6. The first kappa shape index (κ1) is 79.2. The average Bonchev–Trinajstić information content (AvgIpc) is 3.58. The molecule has 0 bridgehead atoms. The van der Waals surface area contributed by atoms with E-state index in [1.165, 1.54) is 276 Å². The minimum absolute atomic E-state index is 0.00551. The summed E-state index contributed by atoms with van der Waals surface area (Å²) < 4.78 is 16.7.